The molecule has 1 aliphatic heterocycles. The summed E-state index contributed by atoms with van der Waals surface area (Å²) in [5, 5.41) is 0. The number of carbonyl (C=O) groups is 1. The van der Waals surface area contributed by atoms with Gasteiger partial charge in [0, 0.05) is 18.9 Å². The molecule has 0 saturated carbocycles. The molecule has 1 rings (SSSR count). The molecule has 0 N–H and O–H groups in total. The first kappa shape index (κ1) is 14.7. The van der Waals surface area contributed by atoms with E-state index in [1.54, 1.807) is 0 Å². The van der Waals surface area contributed by atoms with Crippen molar-refractivity contribution in [1.29, 1.82) is 0 Å². The van der Waals surface area contributed by atoms with Crippen LogP contribution in [0.2, 0.25) is 0 Å². The zero-order valence-electron chi connectivity index (χ0n) is 11.5. The molecule has 0 amide bonds. The van der Waals surface area contributed by atoms with E-state index in [-0.39, 0.29) is 12.0 Å². The van der Waals surface area contributed by atoms with Gasteiger partial charge in [0.2, 0.25) is 0 Å². The Balaban J connectivity index is 2.08. The zero-order valence-corrected chi connectivity index (χ0v) is 11.5. The van der Waals surface area contributed by atoms with Gasteiger partial charge in [0.05, 0.1) is 6.10 Å². The normalized spacial score (nSPS) is 24.1. The lowest BCUT2D eigenvalue weighted by atomic mass is 9.91. The Morgan fingerprint density at radius 2 is 1.82 bits per heavy atom. The summed E-state index contributed by atoms with van der Waals surface area (Å²) in [6.07, 6.45) is 10.5. The molecule has 100 valence electrons. The summed E-state index contributed by atoms with van der Waals surface area (Å²) in [4.78, 5) is 12.0. The van der Waals surface area contributed by atoms with E-state index in [0.29, 0.717) is 5.78 Å². The maximum atomic E-state index is 12.0. The molecule has 0 radical (unpaired) electrons. The fourth-order valence-electron chi connectivity index (χ4n) is 2.68. The minimum atomic E-state index is 0.204. The number of Topliss-reactive ketones (excluding diaryl/α,β-unsaturated/α-hetero) is 1. The largest absolute Gasteiger partial charge is 0.377 e. The summed E-state index contributed by atoms with van der Waals surface area (Å²) in [6, 6.07) is 0. The van der Waals surface area contributed by atoms with Crippen molar-refractivity contribution in [1.82, 2.24) is 0 Å². The molecular formula is C15H28O2. The molecule has 0 aromatic heterocycles. The van der Waals surface area contributed by atoms with Crippen molar-refractivity contribution in [2.24, 2.45) is 5.92 Å². The molecule has 0 aromatic rings. The van der Waals surface area contributed by atoms with Gasteiger partial charge >= 0.3 is 0 Å². The quantitative estimate of drug-likeness (QED) is 0.567. The van der Waals surface area contributed by atoms with E-state index < -0.39 is 0 Å². The molecule has 2 unspecified atom stereocenters. The molecule has 17 heavy (non-hydrogen) atoms. The van der Waals surface area contributed by atoms with Gasteiger partial charge in [-0.25, -0.2) is 0 Å². The molecular weight excluding hydrogens is 212 g/mol. The standard InChI is InChI=1S/C15H28O2/c1-3-5-6-7-8-9-10-14(16)13-11-12-17-15(13)4-2/h13,15H,3-12H2,1-2H3. The second kappa shape index (κ2) is 8.68. The van der Waals surface area contributed by atoms with Crippen LogP contribution in [0.4, 0.5) is 0 Å². The SMILES string of the molecule is CCCCCCCCC(=O)C1CCOC1CC. The van der Waals surface area contributed by atoms with Crippen LogP contribution in [0.5, 0.6) is 0 Å². The third-order valence-corrected chi connectivity index (χ3v) is 3.80. The first-order valence-corrected chi connectivity index (χ1v) is 7.43. The third-order valence-electron chi connectivity index (χ3n) is 3.80. The van der Waals surface area contributed by atoms with Gasteiger partial charge in [0.1, 0.15) is 5.78 Å². The number of hydrogen-bond donors (Lipinski definition) is 0. The second-order valence-electron chi connectivity index (χ2n) is 5.20. The van der Waals surface area contributed by atoms with Crippen LogP contribution in [0.15, 0.2) is 0 Å². The summed E-state index contributed by atoms with van der Waals surface area (Å²) < 4.78 is 5.57. The molecule has 0 aromatic carbocycles. The summed E-state index contributed by atoms with van der Waals surface area (Å²) in [7, 11) is 0. The number of ether oxygens (including phenoxy) is 1. The molecule has 1 aliphatic rings. The first-order valence-electron chi connectivity index (χ1n) is 7.43. The highest BCUT2D eigenvalue weighted by molar-refractivity contribution is 5.81. The van der Waals surface area contributed by atoms with Crippen LogP contribution in [-0.4, -0.2) is 18.5 Å². The Morgan fingerprint density at radius 3 is 2.53 bits per heavy atom. The van der Waals surface area contributed by atoms with Gasteiger partial charge in [-0.2, -0.15) is 0 Å². The van der Waals surface area contributed by atoms with Crippen LogP contribution in [0.25, 0.3) is 0 Å². The third kappa shape index (κ3) is 5.20. The van der Waals surface area contributed by atoms with E-state index in [1.807, 2.05) is 0 Å². The molecule has 1 saturated heterocycles. The van der Waals surface area contributed by atoms with Gasteiger partial charge in [-0.15, -0.1) is 0 Å². The fourth-order valence-corrected chi connectivity index (χ4v) is 2.68. The smallest absolute Gasteiger partial charge is 0.138 e. The molecule has 2 nitrogen and oxygen atoms in total. The predicted molar refractivity (Wildman–Crippen MR) is 71.1 cm³/mol. The summed E-state index contributed by atoms with van der Waals surface area (Å²) in [5.41, 5.74) is 0. The summed E-state index contributed by atoms with van der Waals surface area (Å²) >= 11 is 0. The number of unbranched alkanes of at least 4 members (excludes halogenated alkanes) is 5. The average molecular weight is 240 g/mol. The van der Waals surface area contributed by atoms with Crippen molar-refractivity contribution in [2.45, 2.75) is 77.7 Å². The molecule has 1 fully saturated rings. The fraction of sp³-hybridized carbons (Fsp3) is 0.933. The average Bonchev–Trinajstić information content (AvgIpc) is 2.81. The lowest BCUT2D eigenvalue weighted by molar-refractivity contribution is -0.124. The van der Waals surface area contributed by atoms with Crippen LogP contribution in [0.3, 0.4) is 0 Å². The molecule has 2 heteroatoms. The van der Waals surface area contributed by atoms with Gasteiger partial charge in [-0.1, -0.05) is 46.0 Å². The van der Waals surface area contributed by atoms with Crippen LogP contribution >= 0.6 is 0 Å². The van der Waals surface area contributed by atoms with Gasteiger partial charge in [0.25, 0.3) is 0 Å². The highest BCUT2D eigenvalue weighted by atomic mass is 16.5. The molecule has 2 atom stereocenters. The van der Waals surface area contributed by atoms with Gasteiger partial charge in [-0.3, -0.25) is 4.79 Å². The van der Waals surface area contributed by atoms with Crippen LogP contribution < -0.4 is 0 Å². The Hall–Kier alpha value is -0.370. The first-order chi connectivity index (χ1) is 8.29. The topological polar surface area (TPSA) is 26.3 Å². The van der Waals surface area contributed by atoms with Gasteiger partial charge in [-0.05, 0) is 19.3 Å². The lowest BCUT2D eigenvalue weighted by Crippen LogP contribution is -2.23. The van der Waals surface area contributed by atoms with Crippen molar-refractivity contribution in [3.05, 3.63) is 0 Å². The summed E-state index contributed by atoms with van der Waals surface area (Å²) in [5.74, 6) is 0.653. The minimum absolute atomic E-state index is 0.204. The lowest BCUT2D eigenvalue weighted by Gasteiger charge is -2.15. The Kier molecular flexibility index (Phi) is 7.50. The number of ketones is 1. The monoisotopic (exact) mass is 240 g/mol. The van der Waals surface area contributed by atoms with E-state index in [0.717, 1.165) is 32.3 Å². The van der Waals surface area contributed by atoms with E-state index in [2.05, 4.69) is 13.8 Å². The maximum absolute atomic E-state index is 12.0. The van der Waals surface area contributed by atoms with Crippen molar-refractivity contribution < 1.29 is 9.53 Å². The van der Waals surface area contributed by atoms with Crippen LogP contribution in [0, 0.1) is 5.92 Å². The highest BCUT2D eigenvalue weighted by Crippen LogP contribution is 2.26. The summed E-state index contributed by atoms with van der Waals surface area (Å²) in [6.45, 7) is 5.13. The minimum Gasteiger partial charge on any atom is -0.377 e. The van der Waals surface area contributed by atoms with Crippen molar-refractivity contribution in [3.8, 4) is 0 Å². The van der Waals surface area contributed by atoms with Crippen LogP contribution in [0.1, 0.15) is 71.6 Å². The highest BCUT2D eigenvalue weighted by Gasteiger charge is 2.31. The Bertz CT molecular complexity index is 213. The van der Waals surface area contributed by atoms with E-state index in [1.165, 1.54) is 32.1 Å². The molecule has 0 aliphatic carbocycles. The molecule has 0 spiro atoms. The van der Waals surface area contributed by atoms with Crippen LogP contribution in [-0.2, 0) is 9.53 Å². The Morgan fingerprint density at radius 1 is 1.12 bits per heavy atom. The van der Waals surface area contributed by atoms with Gasteiger partial charge in [0.15, 0.2) is 0 Å². The number of hydrogen-bond acceptors (Lipinski definition) is 2. The Labute approximate surface area is 106 Å². The zero-order chi connectivity index (χ0) is 12.5. The van der Waals surface area contributed by atoms with Crippen molar-refractivity contribution in [3.63, 3.8) is 0 Å². The molecule has 0 bridgehead atoms. The van der Waals surface area contributed by atoms with E-state index >= 15 is 0 Å². The number of rotatable bonds is 9. The van der Waals surface area contributed by atoms with Crippen molar-refractivity contribution in [2.75, 3.05) is 6.61 Å². The maximum Gasteiger partial charge on any atom is 0.138 e. The van der Waals surface area contributed by atoms with Crippen molar-refractivity contribution >= 4 is 5.78 Å². The second-order valence-corrected chi connectivity index (χ2v) is 5.20. The molecule has 1 heterocycles. The van der Waals surface area contributed by atoms with Gasteiger partial charge < -0.3 is 4.74 Å². The number of carbonyl (C=O) groups excluding carboxylic acids is 1. The van der Waals surface area contributed by atoms with E-state index in [9.17, 15) is 4.79 Å². The predicted octanol–water partition coefficient (Wildman–Crippen LogP) is 4.12. The van der Waals surface area contributed by atoms with E-state index in [4.69, 9.17) is 4.74 Å².